The standard InChI is InChI=1S/C22H23NO4/c1-14(2)10-11-23-20(24)18-9-8-16(12-19(18)21(23)25)22(26)27-13-17-7-5-4-6-15(17)3/h4-9,12,14H,10-11,13H2,1-3H3. The number of carbonyl (C=O) groups is 3. The quantitative estimate of drug-likeness (QED) is 0.573. The Morgan fingerprint density at radius 2 is 1.74 bits per heavy atom. The van der Waals surface area contributed by atoms with Crippen molar-refractivity contribution in [1.82, 2.24) is 4.90 Å². The molecule has 0 spiro atoms. The SMILES string of the molecule is Cc1ccccc1COC(=O)c1ccc2c(c1)C(=O)N(CCC(C)C)C2=O. The van der Waals surface area contributed by atoms with Gasteiger partial charge in [0.2, 0.25) is 0 Å². The average molecular weight is 365 g/mol. The fourth-order valence-corrected chi connectivity index (χ4v) is 3.01. The fourth-order valence-electron chi connectivity index (χ4n) is 3.01. The molecule has 2 aromatic carbocycles. The summed E-state index contributed by atoms with van der Waals surface area (Å²) in [6.07, 6.45) is 0.747. The van der Waals surface area contributed by atoms with E-state index >= 15 is 0 Å². The average Bonchev–Trinajstić information content (AvgIpc) is 2.89. The summed E-state index contributed by atoms with van der Waals surface area (Å²) in [5.41, 5.74) is 2.86. The normalized spacial score (nSPS) is 13.3. The zero-order chi connectivity index (χ0) is 19.6. The third-order valence-electron chi connectivity index (χ3n) is 4.76. The summed E-state index contributed by atoms with van der Waals surface area (Å²) in [7, 11) is 0. The third kappa shape index (κ3) is 3.92. The predicted octanol–water partition coefficient (Wildman–Crippen LogP) is 3.99. The molecule has 0 atom stereocenters. The van der Waals surface area contributed by atoms with Crippen molar-refractivity contribution < 1.29 is 19.1 Å². The van der Waals surface area contributed by atoms with Crippen LogP contribution in [0.3, 0.4) is 0 Å². The Kier molecular flexibility index (Phi) is 5.40. The monoisotopic (exact) mass is 365 g/mol. The molecule has 1 aliphatic heterocycles. The number of hydrogen-bond acceptors (Lipinski definition) is 4. The number of fused-ring (bicyclic) bond motifs is 1. The van der Waals surface area contributed by atoms with E-state index in [1.54, 1.807) is 0 Å². The number of ether oxygens (including phenoxy) is 1. The summed E-state index contributed by atoms with van der Waals surface area (Å²) in [4.78, 5) is 38.6. The van der Waals surface area contributed by atoms with Gasteiger partial charge >= 0.3 is 5.97 Å². The van der Waals surface area contributed by atoms with Crippen molar-refractivity contribution in [2.24, 2.45) is 5.92 Å². The molecule has 0 fully saturated rings. The molecule has 0 saturated carbocycles. The highest BCUT2D eigenvalue weighted by Crippen LogP contribution is 2.25. The number of nitrogens with zero attached hydrogens (tertiary/aromatic N) is 1. The molecule has 0 bridgehead atoms. The lowest BCUT2D eigenvalue weighted by Gasteiger charge is -2.14. The molecule has 0 aromatic heterocycles. The van der Waals surface area contributed by atoms with Crippen molar-refractivity contribution in [2.45, 2.75) is 33.8 Å². The third-order valence-corrected chi connectivity index (χ3v) is 4.76. The molecular formula is C22H23NO4. The number of hydrogen-bond donors (Lipinski definition) is 0. The van der Waals surface area contributed by atoms with Crippen molar-refractivity contribution in [1.29, 1.82) is 0 Å². The molecule has 27 heavy (non-hydrogen) atoms. The molecule has 0 unspecified atom stereocenters. The van der Waals surface area contributed by atoms with Crippen molar-refractivity contribution in [3.63, 3.8) is 0 Å². The van der Waals surface area contributed by atoms with E-state index < -0.39 is 5.97 Å². The maximum Gasteiger partial charge on any atom is 0.338 e. The van der Waals surface area contributed by atoms with Crippen LogP contribution in [0.1, 0.15) is 62.5 Å². The second-order valence-electron chi connectivity index (χ2n) is 7.21. The van der Waals surface area contributed by atoms with Gasteiger partial charge in [-0.15, -0.1) is 0 Å². The minimum atomic E-state index is -0.512. The Bertz CT molecular complexity index is 901. The molecule has 2 amide bonds. The first kappa shape index (κ1) is 18.8. The van der Waals surface area contributed by atoms with Gasteiger partial charge in [-0.3, -0.25) is 14.5 Å². The van der Waals surface area contributed by atoms with Crippen LogP contribution >= 0.6 is 0 Å². The van der Waals surface area contributed by atoms with Crippen molar-refractivity contribution in [3.05, 3.63) is 70.3 Å². The van der Waals surface area contributed by atoms with Crippen LogP contribution in [0.15, 0.2) is 42.5 Å². The van der Waals surface area contributed by atoms with Crippen LogP contribution in [0.5, 0.6) is 0 Å². The van der Waals surface area contributed by atoms with Crippen LogP contribution in [0.4, 0.5) is 0 Å². The highest BCUT2D eigenvalue weighted by atomic mass is 16.5. The Morgan fingerprint density at radius 3 is 2.44 bits per heavy atom. The van der Waals surface area contributed by atoms with E-state index in [1.807, 2.05) is 45.0 Å². The largest absolute Gasteiger partial charge is 0.457 e. The predicted molar refractivity (Wildman–Crippen MR) is 102 cm³/mol. The molecular weight excluding hydrogens is 342 g/mol. The number of amides is 2. The van der Waals surface area contributed by atoms with Gasteiger partial charge in [0.15, 0.2) is 0 Å². The van der Waals surface area contributed by atoms with Crippen molar-refractivity contribution in [2.75, 3.05) is 6.54 Å². The second kappa shape index (κ2) is 7.74. The van der Waals surface area contributed by atoms with Crippen LogP contribution in [0.2, 0.25) is 0 Å². The maximum absolute atomic E-state index is 12.6. The first-order valence-corrected chi connectivity index (χ1v) is 9.10. The lowest BCUT2D eigenvalue weighted by molar-refractivity contribution is 0.0471. The lowest BCUT2D eigenvalue weighted by atomic mass is 10.1. The van der Waals surface area contributed by atoms with E-state index in [2.05, 4.69) is 0 Å². The summed E-state index contributed by atoms with van der Waals surface area (Å²) < 4.78 is 5.37. The van der Waals surface area contributed by atoms with E-state index in [4.69, 9.17) is 4.74 Å². The summed E-state index contributed by atoms with van der Waals surface area (Å²) in [6, 6.07) is 12.2. The molecule has 140 valence electrons. The van der Waals surface area contributed by atoms with Gasteiger partial charge in [-0.25, -0.2) is 4.79 Å². The van der Waals surface area contributed by atoms with Gasteiger partial charge in [-0.05, 0) is 48.6 Å². The number of esters is 1. The number of carbonyl (C=O) groups excluding carboxylic acids is 3. The number of rotatable bonds is 6. The van der Waals surface area contributed by atoms with Gasteiger partial charge in [0.1, 0.15) is 6.61 Å². The van der Waals surface area contributed by atoms with Gasteiger partial charge in [-0.1, -0.05) is 38.1 Å². The highest BCUT2D eigenvalue weighted by Gasteiger charge is 2.35. The van der Waals surface area contributed by atoms with Crippen molar-refractivity contribution in [3.8, 4) is 0 Å². The molecule has 0 aliphatic carbocycles. The van der Waals surface area contributed by atoms with Crippen LogP contribution in [0, 0.1) is 12.8 Å². The summed E-state index contributed by atoms with van der Waals surface area (Å²) >= 11 is 0. The minimum Gasteiger partial charge on any atom is -0.457 e. The Hall–Kier alpha value is -2.95. The molecule has 1 aliphatic rings. The molecule has 0 N–H and O–H groups in total. The van der Waals surface area contributed by atoms with E-state index in [-0.39, 0.29) is 29.5 Å². The maximum atomic E-state index is 12.6. The summed E-state index contributed by atoms with van der Waals surface area (Å²) in [6.45, 7) is 6.59. The molecule has 5 nitrogen and oxygen atoms in total. The van der Waals surface area contributed by atoms with E-state index in [9.17, 15) is 14.4 Å². The number of benzene rings is 2. The van der Waals surface area contributed by atoms with Gasteiger partial charge < -0.3 is 4.74 Å². The van der Waals surface area contributed by atoms with Gasteiger partial charge in [0.25, 0.3) is 11.8 Å². The highest BCUT2D eigenvalue weighted by molar-refractivity contribution is 6.21. The first-order chi connectivity index (χ1) is 12.9. The lowest BCUT2D eigenvalue weighted by Crippen LogP contribution is -2.31. The number of imide groups is 1. The fraction of sp³-hybridized carbons (Fsp3) is 0.318. The Balaban J connectivity index is 1.73. The first-order valence-electron chi connectivity index (χ1n) is 9.10. The zero-order valence-electron chi connectivity index (χ0n) is 15.8. The smallest absolute Gasteiger partial charge is 0.338 e. The van der Waals surface area contributed by atoms with E-state index in [1.165, 1.54) is 23.1 Å². The second-order valence-corrected chi connectivity index (χ2v) is 7.21. The van der Waals surface area contributed by atoms with Gasteiger partial charge in [-0.2, -0.15) is 0 Å². The van der Waals surface area contributed by atoms with Crippen LogP contribution < -0.4 is 0 Å². The Labute approximate surface area is 158 Å². The molecule has 3 rings (SSSR count). The number of aryl methyl sites for hydroxylation is 1. The molecule has 0 saturated heterocycles. The molecule has 5 heteroatoms. The zero-order valence-corrected chi connectivity index (χ0v) is 15.8. The van der Waals surface area contributed by atoms with Gasteiger partial charge in [0, 0.05) is 6.54 Å². The minimum absolute atomic E-state index is 0.163. The van der Waals surface area contributed by atoms with Crippen molar-refractivity contribution >= 4 is 17.8 Å². The van der Waals surface area contributed by atoms with Gasteiger partial charge in [0.05, 0.1) is 16.7 Å². The molecule has 2 aromatic rings. The van der Waals surface area contributed by atoms with Crippen LogP contribution in [0.25, 0.3) is 0 Å². The van der Waals surface area contributed by atoms with E-state index in [0.29, 0.717) is 18.0 Å². The van der Waals surface area contributed by atoms with Crippen LogP contribution in [-0.2, 0) is 11.3 Å². The Morgan fingerprint density at radius 1 is 1.04 bits per heavy atom. The summed E-state index contributed by atoms with van der Waals surface area (Å²) in [5, 5.41) is 0. The molecule has 1 heterocycles. The summed E-state index contributed by atoms with van der Waals surface area (Å²) in [5.74, 6) is -0.761. The van der Waals surface area contributed by atoms with E-state index in [0.717, 1.165) is 17.5 Å². The topological polar surface area (TPSA) is 63.7 Å². The molecule has 0 radical (unpaired) electrons. The van der Waals surface area contributed by atoms with Crippen LogP contribution in [-0.4, -0.2) is 29.2 Å².